The molecule has 0 atom stereocenters. The molecule has 1 rings (SSSR count). The molecule has 2 nitrogen and oxygen atoms in total. The van der Waals surface area contributed by atoms with Gasteiger partial charge in [0.1, 0.15) is 6.29 Å². The molecule has 58 valence electrons. The number of benzene rings is 1. The van der Waals surface area contributed by atoms with Crippen molar-refractivity contribution in [1.82, 2.24) is 0 Å². The van der Waals surface area contributed by atoms with Crippen LogP contribution in [0.5, 0.6) is 0 Å². The van der Waals surface area contributed by atoms with E-state index in [-0.39, 0.29) is 0 Å². The molecule has 0 spiro atoms. The lowest BCUT2D eigenvalue weighted by molar-refractivity contribution is 0.112. The second-order valence-electron chi connectivity index (χ2n) is 2.63. The van der Waals surface area contributed by atoms with Gasteiger partial charge in [-0.05, 0) is 25.0 Å². The summed E-state index contributed by atoms with van der Waals surface area (Å²) in [5.74, 6) is 0. The molecule has 0 aromatic heterocycles. The van der Waals surface area contributed by atoms with Crippen LogP contribution in [-0.4, -0.2) is 6.29 Å². The van der Waals surface area contributed by atoms with Crippen LogP contribution in [0.25, 0.3) is 0 Å². The van der Waals surface area contributed by atoms with Gasteiger partial charge < -0.3 is 5.73 Å². The van der Waals surface area contributed by atoms with E-state index < -0.39 is 0 Å². The molecule has 1 aromatic carbocycles. The predicted molar refractivity (Wildman–Crippen MR) is 45.7 cm³/mol. The largest absolute Gasteiger partial charge is 0.398 e. The molecule has 0 heterocycles. The molecule has 2 heteroatoms. The standard InChI is InChI=1S/C9H11NO/c1-6-3-4-8(5-11)7(2)9(6)10/h3-5H,10H2,1-2H3. The number of hydrogen-bond acceptors (Lipinski definition) is 2. The minimum atomic E-state index is 0.674. The van der Waals surface area contributed by atoms with Crippen molar-refractivity contribution in [3.8, 4) is 0 Å². The maximum Gasteiger partial charge on any atom is 0.150 e. The zero-order chi connectivity index (χ0) is 8.43. The van der Waals surface area contributed by atoms with Gasteiger partial charge in [0.15, 0.2) is 0 Å². The molecule has 0 aliphatic heterocycles. The Kier molecular flexibility index (Phi) is 1.94. The van der Waals surface area contributed by atoms with Crippen molar-refractivity contribution in [3.05, 3.63) is 28.8 Å². The minimum absolute atomic E-state index is 0.674. The summed E-state index contributed by atoms with van der Waals surface area (Å²) >= 11 is 0. The van der Waals surface area contributed by atoms with Gasteiger partial charge in [-0.25, -0.2) is 0 Å². The van der Waals surface area contributed by atoms with E-state index in [4.69, 9.17) is 5.73 Å². The first-order chi connectivity index (χ1) is 5.16. The normalized spacial score (nSPS) is 9.64. The molecule has 0 saturated carbocycles. The van der Waals surface area contributed by atoms with E-state index in [0.29, 0.717) is 5.56 Å². The van der Waals surface area contributed by atoms with Crippen LogP contribution in [0, 0.1) is 13.8 Å². The second kappa shape index (κ2) is 2.74. The van der Waals surface area contributed by atoms with E-state index >= 15 is 0 Å². The fraction of sp³-hybridized carbons (Fsp3) is 0.222. The lowest BCUT2D eigenvalue weighted by Crippen LogP contribution is -1.97. The summed E-state index contributed by atoms with van der Waals surface area (Å²) in [7, 11) is 0. The first kappa shape index (κ1) is 7.79. The molecular weight excluding hydrogens is 138 g/mol. The molecule has 0 bridgehead atoms. The Morgan fingerprint density at radius 1 is 1.36 bits per heavy atom. The highest BCUT2D eigenvalue weighted by molar-refractivity contribution is 5.80. The molecular formula is C9H11NO. The topological polar surface area (TPSA) is 43.1 Å². The summed E-state index contributed by atoms with van der Waals surface area (Å²) in [6.07, 6.45) is 0.825. The van der Waals surface area contributed by atoms with Gasteiger partial charge in [-0.2, -0.15) is 0 Å². The zero-order valence-electron chi connectivity index (χ0n) is 6.72. The Hall–Kier alpha value is -1.31. The minimum Gasteiger partial charge on any atom is -0.398 e. The molecule has 1 aromatic rings. The third kappa shape index (κ3) is 1.24. The van der Waals surface area contributed by atoms with Crippen LogP contribution < -0.4 is 5.73 Å². The molecule has 0 radical (unpaired) electrons. The summed E-state index contributed by atoms with van der Waals surface area (Å²) < 4.78 is 0. The van der Waals surface area contributed by atoms with Crippen LogP contribution in [0.1, 0.15) is 21.5 Å². The first-order valence-electron chi connectivity index (χ1n) is 3.47. The van der Waals surface area contributed by atoms with Gasteiger partial charge >= 0.3 is 0 Å². The van der Waals surface area contributed by atoms with Crippen molar-refractivity contribution in [3.63, 3.8) is 0 Å². The fourth-order valence-corrected chi connectivity index (χ4v) is 1.01. The van der Waals surface area contributed by atoms with Gasteiger partial charge in [0.2, 0.25) is 0 Å². The van der Waals surface area contributed by atoms with E-state index in [2.05, 4.69) is 0 Å². The van der Waals surface area contributed by atoms with Gasteiger partial charge in [-0.1, -0.05) is 12.1 Å². The van der Waals surface area contributed by atoms with Crippen LogP contribution in [0.2, 0.25) is 0 Å². The fourth-order valence-electron chi connectivity index (χ4n) is 1.01. The maximum absolute atomic E-state index is 10.4. The Morgan fingerprint density at radius 3 is 2.55 bits per heavy atom. The zero-order valence-corrected chi connectivity index (χ0v) is 6.72. The Bertz CT molecular complexity index is 292. The highest BCUT2D eigenvalue weighted by atomic mass is 16.1. The lowest BCUT2D eigenvalue weighted by atomic mass is 10.0. The summed E-state index contributed by atoms with van der Waals surface area (Å²) in [5, 5.41) is 0. The molecule has 0 amide bonds. The summed E-state index contributed by atoms with van der Waals surface area (Å²) in [6, 6.07) is 3.64. The van der Waals surface area contributed by atoms with Gasteiger partial charge in [0, 0.05) is 11.3 Å². The Labute approximate surface area is 66.0 Å². The van der Waals surface area contributed by atoms with Crippen molar-refractivity contribution < 1.29 is 4.79 Å². The molecule has 0 aliphatic rings. The van der Waals surface area contributed by atoms with E-state index in [1.807, 2.05) is 19.9 Å². The number of aryl methyl sites for hydroxylation is 1. The van der Waals surface area contributed by atoms with Gasteiger partial charge in [-0.15, -0.1) is 0 Å². The van der Waals surface area contributed by atoms with E-state index in [0.717, 1.165) is 23.1 Å². The van der Waals surface area contributed by atoms with Crippen LogP contribution in [0.3, 0.4) is 0 Å². The van der Waals surface area contributed by atoms with Crippen LogP contribution in [0.4, 0.5) is 5.69 Å². The van der Waals surface area contributed by atoms with Crippen molar-refractivity contribution in [1.29, 1.82) is 0 Å². The van der Waals surface area contributed by atoms with E-state index in [1.165, 1.54) is 0 Å². The van der Waals surface area contributed by atoms with E-state index in [1.54, 1.807) is 6.07 Å². The molecule has 11 heavy (non-hydrogen) atoms. The van der Waals surface area contributed by atoms with Crippen LogP contribution >= 0.6 is 0 Å². The average Bonchev–Trinajstić information content (AvgIpc) is 2.01. The number of nitrogens with two attached hydrogens (primary N) is 1. The number of aldehydes is 1. The number of nitrogen functional groups attached to an aromatic ring is 1. The van der Waals surface area contributed by atoms with Gasteiger partial charge in [0.05, 0.1) is 0 Å². The van der Waals surface area contributed by atoms with Crippen LogP contribution in [0.15, 0.2) is 12.1 Å². The number of carbonyl (C=O) groups is 1. The first-order valence-corrected chi connectivity index (χ1v) is 3.47. The highest BCUT2D eigenvalue weighted by Crippen LogP contribution is 2.18. The third-order valence-electron chi connectivity index (χ3n) is 1.90. The number of hydrogen-bond donors (Lipinski definition) is 1. The summed E-state index contributed by atoms with van der Waals surface area (Å²) in [5.41, 5.74) is 8.99. The Morgan fingerprint density at radius 2 is 2.00 bits per heavy atom. The molecule has 0 unspecified atom stereocenters. The third-order valence-corrected chi connectivity index (χ3v) is 1.90. The van der Waals surface area contributed by atoms with Gasteiger partial charge in [0.25, 0.3) is 0 Å². The van der Waals surface area contributed by atoms with Crippen molar-refractivity contribution in [2.75, 3.05) is 5.73 Å². The number of rotatable bonds is 1. The van der Waals surface area contributed by atoms with Crippen molar-refractivity contribution in [2.45, 2.75) is 13.8 Å². The summed E-state index contributed by atoms with van der Waals surface area (Å²) in [4.78, 5) is 10.4. The van der Waals surface area contributed by atoms with Crippen molar-refractivity contribution >= 4 is 12.0 Å². The SMILES string of the molecule is Cc1ccc(C=O)c(C)c1N. The maximum atomic E-state index is 10.4. The van der Waals surface area contributed by atoms with E-state index in [9.17, 15) is 4.79 Å². The number of carbonyl (C=O) groups excluding carboxylic acids is 1. The quantitative estimate of drug-likeness (QED) is 0.487. The predicted octanol–water partition coefficient (Wildman–Crippen LogP) is 1.70. The average molecular weight is 149 g/mol. The molecule has 2 N–H and O–H groups in total. The lowest BCUT2D eigenvalue weighted by Gasteiger charge is -2.05. The molecule has 0 saturated heterocycles. The summed E-state index contributed by atoms with van der Waals surface area (Å²) in [6.45, 7) is 3.78. The highest BCUT2D eigenvalue weighted by Gasteiger charge is 2.01. The second-order valence-corrected chi connectivity index (χ2v) is 2.63. The van der Waals surface area contributed by atoms with Crippen molar-refractivity contribution in [2.24, 2.45) is 0 Å². The molecule has 0 aliphatic carbocycles. The van der Waals surface area contributed by atoms with Crippen LogP contribution in [-0.2, 0) is 0 Å². The smallest absolute Gasteiger partial charge is 0.150 e. The Balaban J connectivity index is 3.36. The van der Waals surface area contributed by atoms with Gasteiger partial charge in [-0.3, -0.25) is 4.79 Å². The molecule has 0 fully saturated rings. The number of anilines is 1. The monoisotopic (exact) mass is 149 g/mol.